The second-order valence-corrected chi connectivity index (χ2v) is 7.06. The SMILES string of the molecule is Cc1cc(C(=O)COC(=O)/C=C/c2ccccc2F)c(C)n1CCc1ccccc1. The molecule has 0 radical (unpaired) electrons. The minimum atomic E-state index is -0.690. The molecule has 4 nitrogen and oxygen atoms in total. The van der Waals surface area contributed by atoms with Crippen LogP contribution < -0.4 is 0 Å². The third-order valence-electron chi connectivity index (χ3n) is 4.99. The predicted molar refractivity (Wildman–Crippen MR) is 115 cm³/mol. The van der Waals surface area contributed by atoms with Gasteiger partial charge in [0.15, 0.2) is 6.61 Å². The van der Waals surface area contributed by atoms with E-state index in [4.69, 9.17) is 4.74 Å². The Bertz CT molecular complexity index is 1070. The van der Waals surface area contributed by atoms with E-state index in [0.717, 1.165) is 30.4 Å². The van der Waals surface area contributed by atoms with Gasteiger partial charge in [-0.3, -0.25) is 4.79 Å². The number of hydrogen-bond donors (Lipinski definition) is 0. The quantitative estimate of drug-likeness (QED) is 0.303. The first-order valence-corrected chi connectivity index (χ1v) is 9.79. The number of halogens is 1. The maximum atomic E-state index is 13.6. The van der Waals surface area contributed by atoms with E-state index < -0.39 is 11.8 Å². The number of nitrogens with zero attached hydrogens (tertiary/aromatic N) is 1. The first-order valence-electron chi connectivity index (χ1n) is 9.79. The van der Waals surface area contributed by atoms with Gasteiger partial charge in [0, 0.05) is 35.1 Å². The Labute approximate surface area is 175 Å². The van der Waals surface area contributed by atoms with Crippen molar-refractivity contribution in [3.05, 3.63) is 101 Å². The zero-order chi connectivity index (χ0) is 21.5. The van der Waals surface area contributed by atoms with Crippen molar-refractivity contribution in [1.82, 2.24) is 4.57 Å². The number of benzene rings is 2. The van der Waals surface area contributed by atoms with Gasteiger partial charge in [0.2, 0.25) is 5.78 Å². The van der Waals surface area contributed by atoms with Crippen LogP contribution in [0.4, 0.5) is 4.39 Å². The minimum absolute atomic E-state index is 0.262. The first-order chi connectivity index (χ1) is 14.5. The van der Waals surface area contributed by atoms with Crippen molar-refractivity contribution in [3.63, 3.8) is 0 Å². The molecular formula is C25H24FNO3. The Hall–Kier alpha value is -3.47. The van der Waals surface area contributed by atoms with E-state index in [9.17, 15) is 14.0 Å². The van der Waals surface area contributed by atoms with E-state index >= 15 is 0 Å². The van der Waals surface area contributed by atoms with Gasteiger partial charge in [-0.2, -0.15) is 0 Å². The lowest BCUT2D eigenvalue weighted by molar-refractivity contribution is -0.136. The van der Waals surface area contributed by atoms with Crippen molar-refractivity contribution in [3.8, 4) is 0 Å². The van der Waals surface area contributed by atoms with E-state index in [2.05, 4.69) is 16.7 Å². The summed E-state index contributed by atoms with van der Waals surface area (Å²) in [6.45, 7) is 4.26. The van der Waals surface area contributed by atoms with Crippen LogP contribution in [0.25, 0.3) is 6.08 Å². The summed E-state index contributed by atoms with van der Waals surface area (Å²) < 4.78 is 20.7. The molecule has 2 aromatic carbocycles. The van der Waals surface area contributed by atoms with Crippen LogP contribution in [0.1, 0.15) is 32.9 Å². The number of hydrogen-bond acceptors (Lipinski definition) is 3. The van der Waals surface area contributed by atoms with Crippen molar-refractivity contribution >= 4 is 17.8 Å². The topological polar surface area (TPSA) is 48.3 Å². The van der Waals surface area contributed by atoms with Gasteiger partial charge in [0.1, 0.15) is 5.82 Å². The maximum absolute atomic E-state index is 13.6. The highest BCUT2D eigenvalue weighted by molar-refractivity contribution is 6.00. The summed E-state index contributed by atoms with van der Waals surface area (Å²) in [6.07, 6.45) is 3.31. The van der Waals surface area contributed by atoms with Gasteiger partial charge in [0.25, 0.3) is 0 Å². The third-order valence-corrected chi connectivity index (χ3v) is 4.99. The van der Waals surface area contributed by atoms with E-state index in [1.54, 1.807) is 18.2 Å². The van der Waals surface area contributed by atoms with Crippen LogP contribution in [0, 0.1) is 19.7 Å². The normalized spacial score (nSPS) is 11.0. The Kier molecular flexibility index (Phi) is 6.96. The Morgan fingerprint density at radius 2 is 1.73 bits per heavy atom. The zero-order valence-corrected chi connectivity index (χ0v) is 17.1. The van der Waals surface area contributed by atoms with E-state index in [1.807, 2.05) is 38.1 Å². The van der Waals surface area contributed by atoms with Gasteiger partial charge in [-0.05, 0) is 44.0 Å². The molecule has 0 bridgehead atoms. The molecule has 0 atom stereocenters. The summed E-state index contributed by atoms with van der Waals surface area (Å²) in [7, 11) is 0. The summed E-state index contributed by atoms with van der Waals surface area (Å²) in [4.78, 5) is 24.5. The van der Waals surface area contributed by atoms with Crippen LogP contribution in [0.5, 0.6) is 0 Å². The lowest BCUT2D eigenvalue weighted by Crippen LogP contribution is -2.14. The predicted octanol–water partition coefficient (Wildman–Crippen LogP) is 4.93. The second-order valence-electron chi connectivity index (χ2n) is 7.06. The van der Waals surface area contributed by atoms with Crippen LogP contribution in [0.15, 0.2) is 66.7 Å². The molecule has 0 aliphatic heterocycles. The van der Waals surface area contributed by atoms with Gasteiger partial charge in [-0.15, -0.1) is 0 Å². The number of ketones is 1. The minimum Gasteiger partial charge on any atom is -0.454 e. The van der Waals surface area contributed by atoms with Crippen molar-refractivity contribution < 1.29 is 18.7 Å². The molecule has 1 heterocycles. The third kappa shape index (κ3) is 5.32. The molecule has 1 aromatic heterocycles. The van der Waals surface area contributed by atoms with Gasteiger partial charge in [-0.1, -0.05) is 48.5 Å². The van der Waals surface area contributed by atoms with Crippen molar-refractivity contribution in [2.45, 2.75) is 26.8 Å². The standard InChI is InChI=1S/C25H24FNO3/c1-18-16-22(19(2)27(18)15-14-20-8-4-3-5-9-20)24(28)17-30-25(29)13-12-21-10-6-7-11-23(21)26/h3-13,16H,14-15,17H2,1-2H3/b13-12+. The fourth-order valence-electron chi connectivity index (χ4n) is 3.34. The molecule has 30 heavy (non-hydrogen) atoms. The van der Waals surface area contributed by atoms with Gasteiger partial charge in [0.05, 0.1) is 0 Å². The molecule has 0 saturated carbocycles. The lowest BCUT2D eigenvalue weighted by atomic mass is 10.1. The number of Topliss-reactive ketones (excluding diaryl/α,β-unsaturated/α-hetero) is 1. The highest BCUT2D eigenvalue weighted by atomic mass is 19.1. The average Bonchev–Trinajstić information content (AvgIpc) is 3.04. The first kappa shape index (κ1) is 21.2. The molecule has 5 heteroatoms. The summed E-state index contributed by atoms with van der Waals surface area (Å²) in [5.41, 5.74) is 3.89. The fraction of sp³-hybridized carbons (Fsp3) is 0.200. The summed E-state index contributed by atoms with van der Waals surface area (Å²) in [6, 6.07) is 18.1. The highest BCUT2D eigenvalue weighted by Crippen LogP contribution is 2.17. The number of carbonyl (C=O) groups excluding carboxylic acids is 2. The number of rotatable bonds is 8. The zero-order valence-electron chi connectivity index (χ0n) is 17.1. The molecule has 3 rings (SSSR count). The monoisotopic (exact) mass is 405 g/mol. The molecule has 0 N–H and O–H groups in total. The molecule has 0 spiro atoms. The number of ether oxygens (including phenoxy) is 1. The molecule has 0 unspecified atom stereocenters. The van der Waals surface area contributed by atoms with E-state index in [1.165, 1.54) is 17.7 Å². The fourth-order valence-corrected chi connectivity index (χ4v) is 3.34. The maximum Gasteiger partial charge on any atom is 0.331 e. The number of esters is 1. The second kappa shape index (κ2) is 9.83. The smallest absolute Gasteiger partial charge is 0.331 e. The number of carbonyl (C=O) groups is 2. The van der Waals surface area contributed by atoms with E-state index in [0.29, 0.717) is 5.56 Å². The summed E-state index contributed by atoms with van der Waals surface area (Å²) in [5.74, 6) is -1.38. The van der Waals surface area contributed by atoms with Crippen LogP contribution in [-0.4, -0.2) is 22.9 Å². The molecular weight excluding hydrogens is 381 g/mol. The number of aryl methyl sites for hydroxylation is 2. The van der Waals surface area contributed by atoms with Gasteiger partial charge < -0.3 is 9.30 Å². The van der Waals surface area contributed by atoms with Crippen molar-refractivity contribution in [2.75, 3.05) is 6.61 Å². The molecule has 3 aromatic rings. The molecule has 0 fully saturated rings. The number of aromatic nitrogens is 1. The van der Waals surface area contributed by atoms with Crippen LogP contribution in [0.2, 0.25) is 0 Å². The van der Waals surface area contributed by atoms with Crippen molar-refractivity contribution in [2.24, 2.45) is 0 Å². The Morgan fingerprint density at radius 1 is 1.03 bits per heavy atom. The average molecular weight is 405 g/mol. The van der Waals surface area contributed by atoms with Crippen LogP contribution in [0.3, 0.4) is 0 Å². The molecule has 0 saturated heterocycles. The molecule has 154 valence electrons. The molecule has 0 aliphatic carbocycles. The van der Waals surface area contributed by atoms with Crippen LogP contribution >= 0.6 is 0 Å². The molecule has 0 amide bonds. The van der Waals surface area contributed by atoms with Gasteiger partial charge >= 0.3 is 5.97 Å². The van der Waals surface area contributed by atoms with Crippen molar-refractivity contribution in [1.29, 1.82) is 0 Å². The Morgan fingerprint density at radius 3 is 2.47 bits per heavy atom. The summed E-state index contributed by atoms with van der Waals surface area (Å²) >= 11 is 0. The summed E-state index contributed by atoms with van der Waals surface area (Å²) in [5, 5.41) is 0. The lowest BCUT2D eigenvalue weighted by Gasteiger charge is -2.10. The highest BCUT2D eigenvalue weighted by Gasteiger charge is 2.17. The van der Waals surface area contributed by atoms with Crippen LogP contribution in [-0.2, 0) is 22.5 Å². The Balaban J connectivity index is 1.59. The largest absolute Gasteiger partial charge is 0.454 e. The van der Waals surface area contributed by atoms with Gasteiger partial charge in [-0.25, -0.2) is 9.18 Å². The van der Waals surface area contributed by atoms with E-state index in [-0.39, 0.29) is 18.0 Å². The molecule has 0 aliphatic rings.